The molecule has 2 heterocycles. The zero-order valence-corrected chi connectivity index (χ0v) is 21.8. The molecule has 18 heteroatoms. The highest BCUT2D eigenvalue weighted by molar-refractivity contribution is 7.87. The van der Waals surface area contributed by atoms with Crippen LogP contribution in [0.3, 0.4) is 0 Å². The maximum Gasteiger partial charge on any atom is 0.339 e. The summed E-state index contributed by atoms with van der Waals surface area (Å²) in [5, 5.41) is -4.43. The van der Waals surface area contributed by atoms with Crippen LogP contribution in [0.4, 0.5) is 0 Å². The maximum atomic E-state index is 13.0. The van der Waals surface area contributed by atoms with Crippen LogP contribution in [-0.2, 0) is 58.7 Å². The van der Waals surface area contributed by atoms with Gasteiger partial charge in [0.15, 0.2) is 10.5 Å². The summed E-state index contributed by atoms with van der Waals surface area (Å²) in [7, 11) is -9.90. The highest BCUT2D eigenvalue weighted by Gasteiger charge is 2.53. The van der Waals surface area contributed by atoms with E-state index in [1.54, 1.807) is 0 Å². The molecular formula is C19H26N2O14S2. The van der Waals surface area contributed by atoms with Crippen molar-refractivity contribution in [3.63, 3.8) is 0 Å². The van der Waals surface area contributed by atoms with E-state index < -0.39 is 90.0 Å². The van der Waals surface area contributed by atoms with E-state index in [9.17, 15) is 45.6 Å². The smallest absolute Gasteiger partial charge is 0.330 e. The number of amides is 4. The minimum atomic E-state index is -4.95. The molecule has 2 rings (SSSR count). The Morgan fingerprint density at radius 2 is 1.08 bits per heavy atom. The van der Waals surface area contributed by atoms with Crippen LogP contribution < -0.4 is 0 Å². The number of hydroxylamine groups is 4. The van der Waals surface area contributed by atoms with Crippen LogP contribution >= 0.6 is 0 Å². The van der Waals surface area contributed by atoms with Gasteiger partial charge in [0.1, 0.15) is 0 Å². The third-order valence-electron chi connectivity index (χ3n) is 6.52. The molecule has 4 unspecified atom stereocenters. The Morgan fingerprint density at radius 1 is 0.784 bits per heavy atom. The van der Waals surface area contributed by atoms with E-state index in [4.69, 9.17) is 18.8 Å². The topological polar surface area (TPSA) is 236 Å². The number of imide groups is 2. The van der Waals surface area contributed by atoms with Crippen molar-refractivity contribution in [1.29, 1.82) is 0 Å². The van der Waals surface area contributed by atoms with E-state index in [1.165, 1.54) is 27.7 Å². The van der Waals surface area contributed by atoms with E-state index in [-0.39, 0.29) is 29.4 Å². The van der Waals surface area contributed by atoms with Gasteiger partial charge >= 0.3 is 11.9 Å². The Bertz CT molecular complexity index is 1160. The van der Waals surface area contributed by atoms with Gasteiger partial charge in [0, 0.05) is 0 Å². The molecule has 2 fully saturated rings. The van der Waals surface area contributed by atoms with E-state index in [0.717, 1.165) is 0 Å². The number of rotatable bonds is 10. The molecule has 0 aromatic carbocycles. The van der Waals surface area contributed by atoms with E-state index in [2.05, 4.69) is 0 Å². The van der Waals surface area contributed by atoms with Crippen LogP contribution in [-0.4, -0.2) is 82.1 Å². The molecule has 0 saturated carbocycles. The van der Waals surface area contributed by atoms with Gasteiger partial charge in [0.05, 0.1) is 23.7 Å². The predicted octanol–water partition coefficient (Wildman–Crippen LogP) is -0.844. The van der Waals surface area contributed by atoms with E-state index in [1.807, 2.05) is 0 Å². The van der Waals surface area contributed by atoms with Crippen molar-refractivity contribution in [1.82, 2.24) is 10.1 Å². The van der Waals surface area contributed by atoms with Crippen LogP contribution in [0.1, 0.15) is 59.8 Å². The van der Waals surface area contributed by atoms with Gasteiger partial charge in [-0.05, 0) is 33.1 Å². The molecule has 4 amide bonds. The summed E-state index contributed by atoms with van der Waals surface area (Å²) in [4.78, 5) is 84.2. The van der Waals surface area contributed by atoms with Gasteiger partial charge in [-0.15, -0.1) is 10.1 Å². The fourth-order valence-electron chi connectivity index (χ4n) is 3.75. The Kier molecular flexibility index (Phi) is 8.24. The molecule has 2 saturated heterocycles. The molecule has 0 spiro atoms. The molecule has 0 bridgehead atoms. The minimum Gasteiger partial charge on any atom is -0.330 e. The van der Waals surface area contributed by atoms with Crippen LogP contribution in [0.2, 0.25) is 0 Å². The Hall–Kier alpha value is -2.96. The largest absolute Gasteiger partial charge is 0.339 e. The summed E-state index contributed by atoms with van der Waals surface area (Å²) in [6.45, 7) is 5.62. The lowest BCUT2D eigenvalue weighted by molar-refractivity contribution is -0.211. The van der Waals surface area contributed by atoms with Crippen LogP contribution in [0.25, 0.3) is 0 Å². The molecule has 0 aromatic heterocycles. The fraction of sp³-hybridized carbons (Fsp3) is 0.684. The predicted molar refractivity (Wildman–Crippen MR) is 117 cm³/mol. The molecule has 16 nitrogen and oxygen atoms in total. The SMILES string of the molecule is CCC(C)(CC(C)(CC)C(=O)ON1C(=O)CC(S(=O)(=O)O)C1=O)C(=O)ON1C(=O)CC(S(=O)(=O)O)C1=O. The van der Waals surface area contributed by atoms with Crippen molar-refractivity contribution >= 4 is 55.8 Å². The standard InChI is InChI=1S/C19H26N2O14S2/c1-5-18(3,16(26)34-20-12(22)7-10(14(20)24)36(28,29)30)9-19(4,6-2)17(27)35-21-13(23)8-11(15(21)25)37(31,32)33/h10-11H,5-9H2,1-4H3,(H,28,29,30)(H,31,32,33). The summed E-state index contributed by atoms with van der Waals surface area (Å²) in [6.07, 6.45) is -2.37. The van der Waals surface area contributed by atoms with Gasteiger partial charge in [-0.25, -0.2) is 9.59 Å². The van der Waals surface area contributed by atoms with Crippen molar-refractivity contribution in [2.45, 2.75) is 70.3 Å². The molecule has 4 atom stereocenters. The van der Waals surface area contributed by atoms with Gasteiger partial charge in [-0.2, -0.15) is 16.8 Å². The van der Waals surface area contributed by atoms with Gasteiger partial charge in [0.25, 0.3) is 43.9 Å². The lowest BCUT2D eigenvalue weighted by Crippen LogP contribution is -2.46. The first-order valence-corrected chi connectivity index (χ1v) is 13.8. The molecule has 0 radical (unpaired) electrons. The fourth-order valence-corrected chi connectivity index (χ4v) is 5.16. The number of carbonyl (C=O) groups is 6. The lowest BCUT2D eigenvalue weighted by Gasteiger charge is -2.35. The minimum absolute atomic E-state index is 0.0426. The van der Waals surface area contributed by atoms with Crippen molar-refractivity contribution in [3.8, 4) is 0 Å². The average molecular weight is 571 g/mol. The number of hydrogen-bond donors (Lipinski definition) is 2. The monoisotopic (exact) mass is 570 g/mol. The summed E-state index contributed by atoms with van der Waals surface area (Å²) >= 11 is 0. The quantitative estimate of drug-likeness (QED) is 0.240. The zero-order valence-electron chi connectivity index (χ0n) is 20.2. The number of nitrogens with zero attached hydrogens (tertiary/aromatic N) is 2. The molecule has 0 aromatic rings. The lowest BCUT2D eigenvalue weighted by atomic mass is 9.70. The third-order valence-corrected chi connectivity index (χ3v) is 8.69. The van der Waals surface area contributed by atoms with E-state index >= 15 is 0 Å². The molecule has 0 aliphatic carbocycles. The van der Waals surface area contributed by atoms with Crippen molar-refractivity contribution in [2.75, 3.05) is 0 Å². The zero-order chi connectivity index (χ0) is 28.7. The molecule has 37 heavy (non-hydrogen) atoms. The van der Waals surface area contributed by atoms with Gasteiger partial charge in [0.2, 0.25) is 0 Å². The van der Waals surface area contributed by atoms with E-state index in [0.29, 0.717) is 0 Å². The number of hydrogen-bond acceptors (Lipinski definition) is 12. The third kappa shape index (κ3) is 5.97. The first-order valence-electron chi connectivity index (χ1n) is 10.8. The first kappa shape index (κ1) is 30.3. The van der Waals surface area contributed by atoms with Crippen LogP contribution in [0, 0.1) is 10.8 Å². The highest BCUT2D eigenvalue weighted by Crippen LogP contribution is 2.41. The second kappa shape index (κ2) is 10.1. The molecule has 2 aliphatic heterocycles. The molecule has 2 N–H and O–H groups in total. The average Bonchev–Trinajstić information content (AvgIpc) is 3.23. The first-order chi connectivity index (χ1) is 16.7. The maximum absolute atomic E-state index is 13.0. The van der Waals surface area contributed by atoms with Crippen molar-refractivity contribution in [2.24, 2.45) is 10.8 Å². The summed E-state index contributed by atoms with van der Waals surface area (Å²) in [5.41, 5.74) is -3.23. The summed E-state index contributed by atoms with van der Waals surface area (Å²) in [5.74, 6) is -7.76. The second-order valence-corrected chi connectivity index (χ2v) is 12.4. The van der Waals surface area contributed by atoms with Gasteiger partial charge < -0.3 is 9.68 Å². The Morgan fingerprint density at radius 3 is 1.30 bits per heavy atom. The van der Waals surface area contributed by atoms with Crippen LogP contribution in [0.5, 0.6) is 0 Å². The summed E-state index contributed by atoms with van der Waals surface area (Å²) in [6, 6.07) is 0. The Balaban J connectivity index is 2.23. The van der Waals surface area contributed by atoms with Crippen molar-refractivity contribution in [3.05, 3.63) is 0 Å². The normalized spacial score (nSPS) is 24.2. The number of carbonyl (C=O) groups excluding carboxylic acids is 6. The second-order valence-electron chi connectivity index (χ2n) is 9.23. The Labute approximate surface area is 211 Å². The van der Waals surface area contributed by atoms with Crippen LogP contribution in [0.15, 0.2) is 0 Å². The molecule has 2 aliphatic rings. The molecular weight excluding hydrogens is 544 g/mol. The highest BCUT2D eigenvalue weighted by atomic mass is 32.2. The van der Waals surface area contributed by atoms with Crippen molar-refractivity contribution < 1.29 is 64.4 Å². The molecule has 208 valence electrons. The van der Waals surface area contributed by atoms with Gasteiger partial charge in [-0.1, -0.05) is 13.8 Å². The van der Waals surface area contributed by atoms with Gasteiger partial charge in [-0.3, -0.25) is 28.3 Å². The summed E-state index contributed by atoms with van der Waals surface area (Å²) < 4.78 is 63.4.